The van der Waals surface area contributed by atoms with E-state index in [2.05, 4.69) is 10.1 Å². The van der Waals surface area contributed by atoms with Gasteiger partial charge >= 0.3 is 0 Å². The number of pyridine rings is 1. The second-order valence-corrected chi connectivity index (χ2v) is 4.90. The number of anilines is 2. The average molecular weight is 311 g/mol. The lowest BCUT2D eigenvalue weighted by molar-refractivity contribution is 0.318. The van der Waals surface area contributed by atoms with Crippen molar-refractivity contribution in [2.45, 2.75) is 0 Å². The van der Waals surface area contributed by atoms with Crippen LogP contribution in [0.4, 0.5) is 11.5 Å². The van der Waals surface area contributed by atoms with Crippen molar-refractivity contribution in [1.82, 2.24) is 4.98 Å². The second kappa shape index (κ2) is 5.98. The van der Waals surface area contributed by atoms with E-state index in [9.17, 15) is 0 Å². The van der Waals surface area contributed by atoms with Crippen molar-refractivity contribution >= 4 is 40.5 Å². The van der Waals surface area contributed by atoms with Crippen LogP contribution in [0.2, 0.25) is 10.0 Å². The Labute approximate surface area is 126 Å². The zero-order chi connectivity index (χ0) is 14.7. The molecule has 0 bridgehead atoms. The molecule has 2 rings (SSSR count). The molecular formula is C13H12Cl2N4O. The highest BCUT2D eigenvalue weighted by Gasteiger charge is 2.11. The van der Waals surface area contributed by atoms with Crippen LogP contribution in [0, 0.1) is 0 Å². The maximum atomic E-state index is 8.71. The van der Waals surface area contributed by atoms with Crippen LogP contribution in [0.1, 0.15) is 5.56 Å². The summed E-state index contributed by atoms with van der Waals surface area (Å²) in [6, 6.07) is 8.78. The molecule has 0 aliphatic rings. The fourth-order valence-corrected chi connectivity index (χ4v) is 2.21. The van der Waals surface area contributed by atoms with Gasteiger partial charge in [-0.3, -0.25) is 0 Å². The van der Waals surface area contributed by atoms with Crippen LogP contribution in [0.3, 0.4) is 0 Å². The van der Waals surface area contributed by atoms with E-state index in [1.54, 1.807) is 29.2 Å². The van der Waals surface area contributed by atoms with Gasteiger partial charge in [-0.15, -0.1) is 0 Å². The summed E-state index contributed by atoms with van der Waals surface area (Å²) in [6.45, 7) is 0. The number of halogens is 2. The van der Waals surface area contributed by atoms with Crippen molar-refractivity contribution in [2.75, 3.05) is 11.9 Å². The summed E-state index contributed by atoms with van der Waals surface area (Å²) in [6.07, 6.45) is 1.52. The monoisotopic (exact) mass is 310 g/mol. The van der Waals surface area contributed by atoms with Crippen molar-refractivity contribution in [3.8, 4) is 0 Å². The topological polar surface area (TPSA) is 74.7 Å². The van der Waals surface area contributed by atoms with Gasteiger partial charge in [-0.2, -0.15) is 0 Å². The molecule has 2 aromatic rings. The predicted octanol–water partition coefficient (Wildman–Crippen LogP) is 3.25. The molecule has 7 heteroatoms. The number of hydrogen-bond donors (Lipinski definition) is 2. The minimum atomic E-state index is 0.0374. The SMILES string of the molecule is CN(c1cccc(C(N)=NO)c1)c1ncc(Cl)cc1Cl. The van der Waals surface area contributed by atoms with Gasteiger partial charge in [0.15, 0.2) is 11.7 Å². The second-order valence-electron chi connectivity index (χ2n) is 4.05. The number of rotatable bonds is 3. The van der Waals surface area contributed by atoms with Crippen LogP contribution in [-0.4, -0.2) is 23.1 Å². The zero-order valence-electron chi connectivity index (χ0n) is 10.6. The molecule has 20 heavy (non-hydrogen) atoms. The molecular weight excluding hydrogens is 299 g/mol. The van der Waals surface area contributed by atoms with Gasteiger partial charge in [0, 0.05) is 24.5 Å². The first-order chi connectivity index (χ1) is 9.52. The fourth-order valence-electron chi connectivity index (χ4n) is 1.71. The molecule has 0 unspecified atom stereocenters. The molecule has 104 valence electrons. The summed E-state index contributed by atoms with van der Waals surface area (Å²) in [5, 5.41) is 12.6. The molecule has 0 spiro atoms. The summed E-state index contributed by atoms with van der Waals surface area (Å²) in [5.74, 6) is 0.600. The van der Waals surface area contributed by atoms with Gasteiger partial charge in [0.05, 0.1) is 10.0 Å². The Kier molecular flexibility index (Phi) is 4.32. The zero-order valence-corrected chi connectivity index (χ0v) is 12.1. The Bertz CT molecular complexity index is 661. The Balaban J connectivity index is 2.40. The van der Waals surface area contributed by atoms with Gasteiger partial charge in [0.1, 0.15) is 0 Å². The quantitative estimate of drug-likeness (QED) is 0.395. The fraction of sp³-hybridized carbons (Fsp3) is 0.0769. The van der Waals surface area contributed by atoms with Gasteiger partial charge in [-0.1, -0.05) is 40.5 Å². The highest BCUT2D eigenvalue weighted by atomic mass is 35.5. The van der Waals surface area contributed by atoms with E-state index >= 15 is 0 Å². The Hall–Kier alpha value is -1.98. The highest BCUT2D eigenvalue weighted by Crippen LogP contribution is 2.30. The number of benzene rings is 1. The summed E-state index contributed by atoms with van der Waals surface area (Å²) >= 11 is 12.0. The third-order valence-corrected chi connectivity index (χ3v) is 3.23. The third-order valence-electron chi connectivity index (χ3n) is 2.74. The molecule has 0 aliphatic heterocycles. The molecule has 1 aromatic heterocycles. The first kappa shape index (κ1) is 14.4. The number of amidine groups is 1. The molecule has 0 aliphatic carbocycles. The number of hydrogen-bond acceptors (Lipinski definition) is 4. The van der Waals surface area contributed by atoms with E-state index < -0.39 is 0 Å². The predicted molar refractivity (Wildman–Crippen MR) is 81.3 cm³/mol. The van der Waals surface area contributed by atoms with Crippen LogP contribution in [0.5, 0.6) is 0 Å². The summed E-state index contributed by atoms with van der Waals surface area (Å²) in [4.78, 5) is 5.98. The van der Waals surface area contributed by atoms with E-state index in [0.717, 1.165) is 5.69 Å². The lowest BCUT2D eigenvalue weighted by Crippen LogP contribution is -2.16. The van der Waals surface area contributed by atoms with Gasteiger partial charge in [0.25, 0.3) is 0 Å². The van der Waals surface area contributed by atoms with Crippen molar-refractivity contribution in [3.63, 3.8) is 0 Å². The molecule has 0 amide bonds. The van der Waals surface area contributed by atoms with E-state index in [0.29, 0.717) is 21.4 Å². The first-order valence-corrected chi connectivity index (χ1v) is 6.41. The lowest BCUT2D eigenvalue weighted by atomic mass is 10.1. The molecule has 0 saturated carbocycles. The number of nitrogens with zero attached hydrogens (tertiary/aromatic N) is 3. The number of oxime groups is 1. The maximum Gasteiger partial charge on any atom is 0.170 e. The molecule has 1 heterocycles. The molecule has 5 nitrogen and oxygen atoms in total. The highest BCUT2D eigenvalue weighted by molar-refractivity contribution is 6.36. The standard InChI is InChI=1S/C13H12Cl2N4O/c1-19(13-11(15)6-9(14)7-17-13)10-4-2-3-8(5-10)12(16)18-20/h2-7,20H,1H3,(H2,16,18). The van der Waals surface area contributed by atoms with Gasteiger partial charge < -0.3 is 15.8 Å². The van der Waals surface area contributed by atoms with Crippen LogP contribution >= 0.6 is 23.2 Å². The Morgan fingerprint density at radius 3 is 2.75 bits per heavy atom. The Morgan fingerprint density at radius 2 is 2.10 bits per heavy atom. The minimum Gasteiger partial charge on any atom is -0.409 e. The summed E-state index contributed by atoms with van der Waals surface area (Å²) in [5.41, 5.74) is 6.97. The lowest BCUT2D eigenvalue weighted by Gasteiger charge is -2.20. The molecule has 3 N–H and O–H groups in total. The molecule has 0 saturated heterocycles. The smallest absolute Gasteiger partial charge is 0.170 e. The molecule has 0 atom stereocenters. The van der Waals surface area contributed by atoms with E-state index in [1.165, 1.54) is 6.20 Å². The van der Waals surface area contributed by atoms with Crippen molar-refractivity contribution < 1.29 is 5.21 Å². The number of aromatic nitrogens is 1. The van der Waals surface area contributed by atoms with Gasteiger partial charge in [-0.25, -0.2) is 4.98 Å². The molecule has 0 radical (unpaired) electrons. The van der Waals surface area contributed by atoms with Crippen molar-refractivity contribution in [2.24, 2.45) is 10.9 Å². The van der Waals surface area contributed by atoms with E-state index in [-0.39, 0.29) is 5.84 Å². The Morgan fingerprint density at radius 1 is 1.35 bits per heavy atom. The van der Waals surface area contributed by atoms with Gasteiger partial charge in [0.2, 0.25) is 0 Å². The maximum absolute atomic E-state index is 8.71. The molecule has 1 aromatic carbocycles. The number of nitrogens with two attached hydrogens (primary N) is 1. The van der Waals surface area contributed by atoms with Crippen LogP contribution < -0.4 is 10.6 Å². The van der Waals surface area contributed by atoms with Crippen LogP contribution in [0.15, 0.2) is 41.7 Å². The van der Waals surface area contributed by atoms with Crippen molar-refractivity contribution in [3.05, 3.63) is 52.1 Å². The van der Waals surface area contributed by atoms with Crippen LogP contribution in [-0.2, 0) is 0 Å². The normalized spacial score (nSPS) is 11.4. The average Bonchev–Trinajstić information content (AvgIpc) is 2.46. The van der Waals surface area contributed by atoms with Gasteiger partial charge in [-0.05, 0) is 18.2 Å². The van der Waals surface area contributed by atoms with Crippen molar-refractivity contribution in [1.29, 1.82) is 0 Å². The third kappa shape index (κ3) is 2.95. The molecule has 0 fully saturated rings. The summed E-state index contributed by atoms with van der Waals surface area (Å²) in [7, 11) is 1.81. The van der Waals surface area contributed by atoms with E-state index in [4.69, 9.17) is 34.1 Å². The first-order valence-electron chi connectivity index (χ1n) is 5.65. The van der Waals surface area contributed by atoms with Crippen LogP contribution in [0.25, 0.3) is 0 Å². The summed E-state index contributed by atoms with van der Waals surface area (Å²) < 4.78 is 0. The largest absolute Gasteiger partial charge is 0.409 e. The minimum absolute atomic E-state index is 0.0374. The van der Waals surface area contributed by atoms with E-state index in [1.807, 2.05) is 13.1 Å².